The molecule has 5 heteroatoms. The van der Waals surface area contributed by atoms with Crippen molar-refractivity contribution in [3.63, 3.8) is 0 Å². The predicted octanol–water partition coefficient (Wildman–Crippen LogP) is 3.46. The largest absolute Gasteiger partial charge is 0.348 e. The molecule has 1 rings (SSSR count). The van der Waals surface area contributed by atoms with E-state index in [-0.39, 0.29) is 24.4 Å². The molecule has 1 atom stereocenters. The molecule has 0 bridgehead atoms. The second kappa shape index (κ2) is 10.9. The van der Waals surface area contributed by atoms with Crippen LogP contribution in [-0.2, 0) is 5.75 Å². The maximum Gasteiger partial charge on any atom is 0.251 e. The zero-order valence-corrected chi connectivity index (χ0v) is 14.7. The van der Waals surface area contributed by atoms with E-state index < -0.39 is 0 Å². The van der Waals surface area contributed by atoms with Gasteiger partial charge in [-0.2, -0.15) is 11.8 Å². The van der Waals surface area contributed by atoms with Gasteiger partial charge in [-0.1, -0.05) is 32.9 Å². The van der Waals surface area contributed by atoms with Gasteiger partial charge >= 0.3 is 0 Å². The van der Waals surface area contributed by atoms with Crippen molar-refractivity contribution in [1.82, 2.24) is 5.32 Å². The molecule has 1 aromatic carbocycles. The molecule has 3 N–H and O–H groups in total. The number of hydrogen-bond donors (Lipinski definition) is 2. The Labute approximate surface area is 138 Å². The fourth-order valence-corrected chi connectivity index (χ4v) is 2.66. The summed E-state index contributed by atoms with van der Waals surface area (Å²) in [7, 11) is 0. The van der Waals surface area contributed by atoms with E-state index in [0.717, 1.165) is 17.9 Å². The molecule has 1 unspecified atom stereocenters. The zero-order chi connectivity index (χ0) is 15.0. The quantitative estimate of drug-likeness (QED) is 0.767. The maximum absolute atomic E-state index is 12.1. The number of nitrogens with two attached hydrogens (primary N) is 1. The normalized spacial score (nSPS) is 11.9. The van der Waals surface area contributed by atoms with Gasteiger partial charge in [0.2, 0.25) is 0 Å². The van der Waals surface area contributed by atoms with Crippen molar-refractivity contribution in [1.29, 1.82) is 0 Å². The van der Waals surface area contributed by atoms with Crippen molar-refractivity contribution in [3.8, 4) is 0 Å². The number of nitrogens with one attached hydrogen (secondary N) is 1. The first-order valence-corrected chi connectivity index (χ1v) is 8.39. The number of hydrogen-bond acceptors (Lipinski definition) is 3. The Morgan fingerprint density at radius 3 is 2.38 bits per heavy atom. The van der Waals surface area contributed by atoms with Gasteiger partial charge in [0.05, 0.1) is 0 Å². The molecule has 0 aliphatic carbocycles. The first-order chi connectivity index (χ1) is 9.56. The molecule has 120 valence electrons. The van der Waals surface area contributed by atoms with Crippen LogP contribution in [0.3, 0.4) is 0 Å². The van der Waals surface area contributed by atoms with Crippen LogP contribution < -0.4 is 11.1 Å². The summed E-state index contributed by atoms with van der Waals surface area (Å²) >= 11 is 1.88. The van der Waals surface area contributed by atoms with Gasteiger partial charge in [0.1, 0.15) is 0 Å². The van der Waals surface area contributed by atoms with Crippen LogP contribution in [0.2, 0.25) is 0 Å². The number of benzene rings is 1. The first kappa shape index (κ1) is 20.3. The lowest BCUT2D eigenvalue weighted by Gasteiger charge is -2.18. The van der Waals surface area contributed by atoms with Crippen LogP contribution in [0, 0.1) is 5.92 Å². The van der Waals surface area contributed by atoms with Crippen molar-refractivity contribution in [3.05, 3.63) is 35.4 Å². The monoisotopic (exact) mass is 330 g/mol. The maximum atomic E-state index is 12.1. The van der Waals surface area contributed by atoms with Crippen LogP contribution in [0.25, 0.3) is 0 Å². The summed E-state index contributed by atoms with van der Waals surface area (Å²) in [6.07, 6.45) is 0.910. The topological polar surface area (TPSA) is 55.1 Å². The van der Waals surface area contributed by atoms with Crippen LogP contribution in [0.5, 0.6) is 0 Å². The molecule has 3 nitrogen and oxygen atoms in total. The number of carbonyl (C=O) groups is 1. The van der Waals surface area contributed by atoms with Crippen molar-refractivity contribution in [2.24, 2.45) is 11.7 Å². The summed E-state index contributed by atoms with van der Waals surface area (Å²) in [4.78, 5) is 12.1. The number of rotatable bonds is 8. The minimum absolute atomic E-state index is 0. The van der Waals surface area contributed by atoms with Gasteiger partial charge in [0.15, 0.2) is 0 Å². The van der Waals surface area contributed by atoms with E-state index in [2.05, 4.69) is 26.1 Å². The third-order valence-corrected chi connectivity index (χ3v) is 4.01. The van der Waals surface area contributed by atoms with E-state index >= 15 is 0 Å². The highest BCUT2D eigenvalue weighted by Crippen LogP contribution is 2.13. The average Bonchev–Trinajstić information content (AvgIpc) is 2.44. The molecule has 0 fully saturated rings. The summed E-state index contributed by atoms with van der Waals surface area (Å²) in [5.41, 5.74) is 7.67. The Kier molecular flexibility index (Phi) is 10.6. The number of thioether (sulfide) groups is 1. The van der Waals surface area contributed by atoms with E-state index in [0.29, 0.717) is 18.0 Å². The van der Waals surface area contributed by atoms with E-state index in [1.807, 2.05) is 36.0 Å². The summed E-state index contributed by atoms with van der Waals surface area (Å²) in [5, 5.41) is 3.01. The smallest absolute Gasteiger partial charge is 0.251 e. The predicted molar refractivity (Wildman–Crippen MR) is 95.3 cm³/mol. The Bertz CT molecular complexity index is 409. The lowest BCUT2D eigenvalue weighted by molar-refractivity contribution is 0.0934. The van der Waals surface area contributed by atoms with Gasteiger partial charge in [-0.05, 0) is 35.8 Å². The Balaban J connectivity index is 0.00000400. The highest BCUT2D eigenvalue weighted by molar-refractivity contribution is 7.98. The summed E-state index contributed by atoms with van der Waals surface area (Å²) in [6, 6.07) is 7.89. The summed E-state index contributed by atoms with van der Waals surface area (Å²) in [6.45, 7) is 6.90. The molecule has 0 spiro atoms. The van der Waals surface area contributed by atoms with Gasteiger partial charge in [-0.3, -0.25) is 4.79 Å². The SMILES string of the molecule is CCSCc1ccc(C(=O)NC(CN)CC(C)C)cc1.Cl. The van der Waals surface area contributed by atoms with Crippen LogP contribution in [0.4, 0.5) is 0 Å². The molecule has 1 aromatic rings. The van der Waals surface area contributed by atoms with Crippen molar-refractivity contribution in [2.45, 2.75) is 39.0 Å². The first-order valence-electron chi connectivity index (χ1n) is 7.24. The van der Waals surface area contributed by atoms with Crippen LogP contribution in [0.1, 0.15) is 43.1 Å². The van der Waals surface area contributed by atoms with Gasteiger partial charge in [-0.15, -0.1) is 12.4 Å². The minimum atomic E-state index is -0.0317. The third kappa shape index (κ3) is 7.74. The van der Waals surface area contributed by atoms with Crippen molar-refractivity contribution >= 4 is 30.1 Å². The van der Waals surface area contributed by atoms with E-state index in [1.54, 1.807) is 0 Å². The molecular weight excluding hydrogens is 304 g/mol. The molecule has 0 saturated carbocycles. The zero-order valence-electron chi connectivity index (χ0n) is 13.1. The number of amides is 1. The lowest BCUT2D eigenvalue weighted by Crippen LogP contribution is -2.41. The summed E-state index contributed by atoms with van der Waals surface area (Å²) in [5.74, 6) is 2.60. The van der Waals surface area contributed by atoms with Gasteiger partial charge in [-0.25, -0.2) is 0 Å². The summed E-state index contributed by atoms with van der Waals surface area (Å²) < 4.78 is 0. The van der Waals surface area contributed by atoms with Crippen LogP contribution in [-0.4, -0.2) is 24.2 Å². The fourth-order valence-electron chi connectivity index (χ4n) is 2.02. The standard InChI is InChI=1S/C16H26N2OS.ClH/c1-4-20-11-13-5-7-14(8-6-13)16(19)18-15(10-17)9-12(2)3;/h5-8,12,15H,4,9-11,17H2,1-3H3,(H,18,19);1H. The highest BCUT2D eigenvalue weighted by atomic mass is 35.5. The molecule has 0 heterocycles. The molecule has 0 aliphatic rings. The van der Waals surface area contributed by atoms with Crippen molar-refractivity contribution in [2.75, 3.05) is 12.3 Å². The Morgan fingerprint density at radius 2 is 1.90 bits per heavy atom. The van der Waals surface area contributed by atoms with E-state index in [4.69, 9.17) is 5.73 Å². The number of halogens is 1. The van der Waals surface area contributed by atoms with E-state index in [1.165, 1.54) is 5.56 Å². The fraction of sp³-hybridized carbons (Fsp3) is 0.562. The third-order valence-electron chi connectivity index (χ3n) is 3.06. The molecule has 0 aliphatic heterocycles. The molecular formula is C16H27ClN2OS. The molecule has 0 radical (unpaired) electrons. The minimum Gasteiger partial charge on any atom is -0.348 e. The van der Waals surface area contributed by atoms with Crippen LogP contribution >= 0.6 is 24.2 Å². The molecule has 21 heavy (non-hydrogen) atoms. The molecule has 0 aromatic heterocycles. The van der Waals surface area contributed by atoms with Gasteiger partial charge in [0, 0.05) is 23.9 Å². The van der Waals surface area contributed by atoms with E-state index in [9.17, 15) is 4.79 Å². The Morgan fingerprint density at radius 1 is 1.29 bits per heavy atom. The molecule has 1 amide bonds. The van der Waals surface area contributed by atoms with Gasteiger partial charge in [0.25, 0.3) is 5.91 Å². The highest BCUT2D eigenvalue weighted by Gasteiger charge is 2.13. The lowest BCUT2D eigenvalue weighted by atomic mass is 10.0. The van der Waals surface area contributed by atoms with Crippen molar-refractivity contribution < 1.29 is 4.79 Å². The second-order valence-electron chi connectivity index (χ2n) is 5.37. The van der Waals surface area contributed by atoms with Crippen LogP contribution in [0.15, 0.2) is 24.3 Å². The Hall–Kier alpha value is -0.710. The molecule has 0 saturated heterocycles. The number of carbonyl (C=O) groups excluding carboxylic acids is 1. The van der Waals surface area contributed by atoms with Gasteiger partial charge < -0.3 is 11.1 Å². The second-order valence-corrected chi connectivity index (χ2v) is 6.64. The average molecular weight is 331 g/mol.